The van der Waals surface area contributed by atoms with Crippen molar-refractivity contribution in [2.75, 3.05) is 38.9 Å². The summed E-state index contributed by atoms with van der Waals surface area (Å²) in [6, 6.07) is -0.839. The molecular weight excluding hydrogens is 434 g/mol. The highest BCUT2D eigenvalue weighted by atomic mass is 32.2. The van der Waals surface area contributed by atoms with Crippen LogP contribution in [0.4, 0.5) is 5.13 Å². The molecule has 2 aliphatic rings. The van der Waals surface area contributed by atoms with Gasteiger partial charge in [0.05, 0.1) is 13.2 Å². The molecule has 0 aliphatic carbocycles. The summed E-state index contributed by atoms with van der Waals surface area (Å²) >= 11 is 2.57. The number of nitrogens with two attached hydrogens (primary N) is 1. The zero-order valence-electron chi connectivity index (χ0n) is 16.5. The number of thiazole rings is 1. The van der Waals surface area contributed by atoms with Crippen molar-refractivity contribution in [2.45, 2.75) is 18.3 Å². The number of hydrogen-bond acceptors (Lipinski definition) is 11. The fourth-order valence-electron chi connectivity index (χ4n) is 3.06. The van der Waals surface area contributed by atoms with Gasteiger partial charge >= 0.3 is 5.97 Å². The van der Waals surface area contributed by atoms with Gasteiger partial charge in [0.1, 0.15) is 29.9 Å². The van der Waals surface area contributed by atoms with Crippen LogP contribution in [0.2, 0.25) is 0 Å². The average molecular weight is 456 g/mol. The summed E-state index contributed by atoms with van der Waals surface area (Å²) in [6.45, 7) is 2.06. The van der Waals surface area contributed by atoms with Gasteiger partial charge in [0, 0.05) is 18.2 Å². The van der Waals surface area contributed by atoms with Crippen LogP contribution in [0.5, 0.6) is 0 Å². The van der Waals surface area contributed by atoms with Crippen molar-refractivity contribution in [2.24, 2.45) is 5.16 Å². The highest BCUT2D eigenvalue weighted by Crippen LogP contribution is 2.40. The number of rotatable bonds is 8. The van der Waals surface area contributed by atoms with Crippen LogP contribution >= 0.6 is 23.1 Å². The molecule has 0 radical (unpaired) electrons. The Kier molecular flexibility index (Phi) is 6.95. The molecule has 1 aromatic heterocycles. The molecule has 2 amide bonds. The number of anilines is 1. The second-order valence-electron chi connectivity index (χ2n) is 6.16. The van der Waals surface area contributed by atoms with Gasteiger partial charge in [0.15, 0.2) is 10.8 Å². The lowest BCUT2D eigenvalue weighted by atomic mass is 10.0. The standard InChI is InChI=1S/C17H21N5O6S2/c1-4-28-16(25)12-8(5-26-2)6-29-15-11(14(24)22(12)15)20-13(23)10(21-27-3)9-7-30-17(18)19-9/h7,11,15H,4-6H2,1-3H3,(H2,18,19)(H,20,23)/b21-10-/t11-,15-/m1/s1. The molecule has 3 N–H and O–H groups in total. The van der Waals surface area contributed by atoms with Gasteiger partial charge < -0.3 is 25.4 Å². The fourth-order valence-corrected chi connectivity index (χ4v) is 4.93. The van der Waals surface area contributed by atoms with Crippen molar-refractivity contribution in [1.82, 2.24) is 15.2 Å². The molecule has 11 nitrogen and oxygen atoms in total. The van der Waals surface area contributed by atoms with E-state index < -0.39 is 29.2 Å². The first-order chi connectivity index (χ1) is 14.4. The number of nitrogens with zero attached hydrogens (tertiary/aromatic N) is 3. The highest BCUT2D eigenvalue weighted by molar-refractivity contribution is 8.00. The SMILES string of the molecule is CCOC(=O)C1=C(COC)CS[C@@H]2[C@H](NC(=O)/C(=N\OC)c3csc(N)n3)C(=O)N12. The van der Waals surface area contributed by atoms with Gasteiger partial charge in [-0.3, -0.25) is 14.5 Å². The van der Waals surface area contributed by atoms with Gasteiger partial charge in [-0.15, -0.1) is 23.1 Å². The van der Waals surface area contributed by atoms with Crippen LogP contribution in [0, 0.1) is 0 Å². The zero-order chi connectivity index (χ0) is 21.8. The molecule has 3 heterocycles. The monoisotopic (exact) mass is 455 g/mol. The number of carbonyl (C=O) groups excluding carboxylic acids is 3. The maximum absolute atomic E-state index is 12.8. The van der Waals surface area contributed by atoms with Crippen LogP contribution in [0.1, 0.15) is 12.6 Å². The Morgan fingerprint density at radius 1 is 1.43 bits per heavy atom. The number of ether oxygens (including phenoxy) is 2. The number of fused-ring (bicyclic) bond motifs is 1. The first-order valence-electron chi connectivity index (χ1n) is 8.89. The largest absolute Gasteiger partial charge is 0.461 e. The predicted molar refractivity (Wildman–Crippen MR) is 111 cm³/mol. The molecular formula is C17H21N5O6S2. The summed E-state index contributed by atoms with van der Waals surface area (Å²) in [4.78, 5) is 48.1. The van der Waals surface area contributed by atoms with E-state index in [-0.39, 0.29) is 35.4 Å². The van der Waals surface area contributed by atoms with Crippen molar-refractivity contribution >= 4 is 51.7 Å². The molecule has 1 saturated heterocycles. The predicted octanol–water partition coefficient (Wildman–Crippen LogP) is -0.0607. The molecule has 0 spiro atoms. The van der Waals surface area contributed by atoms with E-state index in [1.807, 2.05) is 0 Å². The molecule has 30 heavy (non-hydrogen) atoms. The van der Waals surface area contributed by atoms with E-state index in [2.05, 4.69) is 15.5 Å². The number of carbonyl (C=O) groups is 3. The smallest absolute Gasteiger partial charge is 0.355 e. The highest BCUT2D eigenvalue weighted by Gasteiger charge is 2.54. The van der Waals surface area contributed by atoms with E-state index in [1.165, 1.54) is 30.9 Å². The number of hydrogen-bond donors (Lipinski definition) is 2. The van der Waals surface area contributed by atoms with Crippen LogP contribution in [-0.2, 0) is 28.7 Å². The minimum atomic E-state index is -0.839. The van der Waals surface area contributed by atoms with Crippen molar-refractivity contribution in [3.05, 3.63) is 22.3 Å². The molecule has 13 heteroatoms. The minimum absolute atomic E-state index is 0.0984. The summed E-state index contributed by atoms with van der Waals surface area (Å²) in [5.41, 5.74) is 6.61. The Bertz CT molecular complexity index is 914. The lowest BCUT2D eigenvalue weighted by molar-refractivity contribution is -0.152. The Hall–Kier alpha value is -2.64. The maximum atomic E-state index is 12.8. The number of nitrogens with one attached hydrogen (secondary N) is 1. The first-order valence-corrected chi connectivity index (χ1v) is 10.8. The fraction of sp³-hybridized carbons (Fsp3) is 0.471. The van der Waals surface area contributed by atoms with Gasteiger partial charge in [-0.2, -0.15) is 0 Å². The average Bonchev–Trinajstić information content (AvgIpc) is 3.15. The van der Waals surface area contributed by atoms with E-state index in [4.69, 9.17) is 20.0 Å². The molecule has 0 unspecified atom stereocenters. The number of esters is 1. The molecule has 162 valence electrons. The van der Waals surface area contributed by atoms with Crippen LogP contribution in [0.15, 0.2) is 21.8 Å². The van der Waals surface area contributed by atoms with Gasteiger partial charge in [-0.25, -0.2) is 9.78 Å². The number of thioether (sulfide) groups is 1. The molecule has 2 aliphatic heterocycles. The van der Waals surface area contributed by atoms with E-state index in [0.717, 1.165) is 11.3 Å². The summed E-state index contributed by atoms with van der Waals surface area (Å²) in [5, 5.41) is 7.75. The van der Waals surface area contributed by atoms with Crippen LogP contribution in [0.3, 0.4) is 0 Å². The van der Waals surface area contributed by atoms with Gasteiger partial charge in [0.25, 0.3) is 11.8 Å². The lowest BCUT2D eigenvalue weighted by Crippen LogP contribution is -2.71. The quantitative estimate of drug-likeness (QED) is 0.238. The molecule has 0 bridgehead atoms. The molecule has 1 aromatic rings. The number of β-lactam (4-membered cyclic amide) rings is 1. The van der Waals surface area contributed by atoms with Crippen molar-refractivity contribution < 1.29 is 28.7 Å². The minimum Gasteiger partial charge on any atom is -0.461 e. The summed E-state index contributed by atoms with van der Waals surface area (Å²) in [7, 11) is 2.80. The third kappa shape index (κ3) is 4.13. The van der Waals surface area contributed by atoms with Crippen LogP contribution in [0.25, 0.3) is 0 Å². The lowest BCUT2D eigenvalue weighted by Gasteiger charge is -2.49. The van der Waals surface area contributed by atoms with Gasteiger partial charge in [0.2, 0.25) is 0 Å². The van der Waals surface area contributed by atoms with Gasteiger partial charge in [-0.1, -0.05) is 5.16 Å². The maximum Gasteiger partial charge on any atom is 0.355 e. The second-order valence-corrected chi connectivity index (χ2v) is 8.15. The van der Waals surface area contributed by atoms with Crippen molar-refractivity contribution in [3.63, 3.8) is 0 Å². The molecule has 0 aromatic carbocycles. The summed E-state index contributed by atoms with van der Waals surface area (Å²) in [6.07, 6.45) is 0. The van der Waals surface area contributed by atoms with E-state index in [0.29, 0.717) is 11.3 Å². The van der Waals surface area contributed by atoms with E-state index in [1.54, 1.807) is 12.3 Å². The van der Waals surface area contributed by atoms with Gasteiger partial charge in [-0.05, 0) is 12.5 Å². The van der Waals surface area contributed by atoms with Crippen molar-refractivity contribution in [1.29, 1.82) is 0 Å². The number of oxime groups is 1. The Morgan fingerprint density at radius 3 is 2.80 bits per heavy atom. The Balaban J connectivity index is 1.79. The summed E-state index contributed by atoms with van der Waals surface area (Å²) in [5.74, 6) is -1.19. The molecule has 1 fully saturated rings. The Morgan fingerprint density at radius 2 is 2.20 bits per heavy atom. The Labute approximate surface area is 180 Å². The molecule has 0 saturated carbocycles. The number of methoxy groups -OCH3 is 1. The van der Waals surface area contributed by atoms with Crippen molar-refractivity contribution in [3.8, 4) is 0 Å². The second kappa shape index (κ2) is 9.45. The van der Waals surface area contributed by atoms with Crippen LogP contribution in [-0.4, -0.2) is 78.0 Å². The normalized spacial score (nSPS) is 21.1. The van der Waals surface area contributed by atoms with Crippen LogP contribution < -0.4 is 11.1 Å². The first kappa shape index (κ1) is 22.1. The topological polar surface area (TPSA) is 145 Å². The zero-order valence-corrected chi connectivity index (χ0v) is 18.2. The third-order valence-electron chi connectivity index (χ3n) is 4.28. The summed E-state index contributed by atoms with van der Waals surface area (Å²) < 4.78 is 10.3. The number of aromatic nitrogens is 1. The third-order valence-corrected chi connectivity index (χ3v) is 6.30. The number of nitrogen functional groups attached to an aromatic ring is 1. The van der Waals surface area contributed by atoms with E-state index >= 15 is 0 Å². The molecule has 2 atom stereocenters. The number of amides is 2. The van der Waals surface area contributed by atoms with E-state index in [9.17, 15) is 14.4 Å². The molecule has 3 rings (SSSR count).